The van der Waals surface area contributed by atoms with E-state index >= 15 is 0 Å². The largest absolute Gasteiger partial charge is 0.394 e. The average molecular weight is 303 g/mol. The summed E-state index contributed by atoms with van der Waals surface area (Å²) >= 11 is 0. The molecule has 0 radical (unpaired) electrons. The van der Waals surface area contributed by atoms with Gasteiger partial charge >= 0.3 is 0 Å². The van der Waals surface area contributed by atoms with Crippen molar-refractivity contribution in [3.05, 3.63) is 11.4 Å². The quantitative estimate of drug-likeness (QED) is 0.759. The molecule has 1 aromatic rings. The fourth-order valence-corrected chi connectivity index (χ4v) is 3.96. The molecule has 0 aliphatic rings. The monoisotopic (exact) mass is 303 g/mol. The van der Waals surface area contributed by atoms with E-state index in [0.717, 1.165) is 19.3 Å². The Morgan fingerprint density at radius 3 is 2.60 bits per heavy atom. The average Bonchev–Trinajstić information content (AvgIpc) is 2.62. The van der Waals surface area contributed by atoms with Crippen LogP contribution in [0.15, 0.2) is 4.90 Å². The molecular weight excluding hydrogens is 278 g/mol. The van der Waals surface area contributed by atoms with E-state index < -0.39 is 10.0 Å². The van der Waals surface area contributed by atoms with E-state index in [9.17, 15) is 8.42 Å². The summed E-state index contributed by atoms with van der Waals surface area (Å²) in [4.78, 5) is 0.231. The molecule has 116 valence electrons. The molecule has 0 aromatic carbocycles. The number of unbranched alkanes of at least 4 members (excludes halogenated alkanes) is 1. The number of rotatable bonds is 8. The van der Waals surface area contributed by atoms with Crippen molar-refractivity contribution < 1.29 is 13.5 Å². The van der Waals surface area contributed by atoms with E-state index in [4.69, 9.17) is 5.11 Å². The van der Waals surface area contributed by atoms with Crippen molar-refractivity contribution in [2.75, 3.05) is 6.61 Å². The normalized spacial score (nSPS) is 13.7. The SMILES string of the molecule is CCCCC(C)NS(=O)(=O)c1c(C)nn(CCO)c1C. The van der Waals surface area contributed by atoms with Crippen LogP contribution in [0.2, 0.25) is 0 Å². The summed E-state index contributed by atoms with van der Waals surface area (Å²) in [5.74, 6) is 0. The Bertz CT molecular complexity index is 537. The number of aromatic nitrogens is 2. The third-order valence-electron chi connectivity index (χ3n) is 3.24. The maximum Gasteiger partial charge on any atom is 0.244 e. The molecule has 7 heteroatoms. The Hall–Kier alpha value is -0.920. The van der Waals surface area contributed by atoms with Crippen LogP contribution in [0.25, 0.3) is 0 Å². The van der Waals surface area contributed by atoms with E-state index in [-0.39, 0.29) is 17.5 Å². The van der Waals surface area contributed by atoms with Gasteiger partial charge in [0.25, 0.3) is 0 Å². The van der Waals surface area contributed by atoms with Gasteiger partial charge in [-0.2, -0.15) is 5.10 Å². The molecule has 0 amide bonds. The second-order valence-electron chi connectivity index (χ2n) is 5.11. The van der Waals surface area contributed by atoms with Crippen molar-refractivity contribution in [2.24, 2.45) is 0 Å². The van der Waals surface area contributed by atoms with Crippen LogP contribution in [0.5, 0.6) is 0 Å². The number of nitrogens with one attached hydrogen (secondary N) is 1. The lowest BCUT2D eigenvalue weighted by Crippen LogP contribution is -2.33. The maximum absolute atomic E-state index is 12.4. The summed E-state index contributed by atoms with van der Waals surface area (Å²) in [6.07, 6.45) is 2.85. The molecule has 1 unspecified atom stereocenters. The highest BCUT2D eigenvalue weighted by Crippen LogP contribution is 2.20. The maximum atomic E-state index is 12.4. The molecule has 6 nitrogen and oxygen atoms in total. The summed E-state index contributed by atoms with van der Waals surface area (Å²) < 4.78 is 29.1. The molecule has 0 fully saturated rings. The van der Waals surface area contributed by atoms with Gasteiger partial charge in [0.2, 0.25) is 10.0 Å². The minimum atomic E-state index is -3.56. The van der Waals surface area contributed by atoms with Crippen molar-refractivity contribution >= 4 is 10.0 Å². The lowest BCUT2D eigenvalue weighted by atomic mass is 10.2. The molecule has 0 saturated carbocycles. The second kappa shape index (κ2) is 7.19. The first-order valence-corrected chi connectivity index (χ1v) is 8.49. The third-order valence-corrected chi connectivity index (χ3v) is 5.08. The topological polar surface area (TPSA) is 84.2 Å². The summed E-state index contributed by atoms with van der Waals surface area (Å²) in [7, 11) is -3.56. The molecule has 1 atom stereocenters. The van der Waals surface area contributed by atoms with Crippen LogP contribution in [0.4, 0.5) is 0 Å². The van der Waals surface area contributed by atoms with Gasteiger partial charge in [0, 0.05) is 6.04 Å². The molecule has 0 spiro atoms. The molecule has 0 aliphatic heterocycles. The van der Waals surface area contributed by atoms with Crippen LogP contribution in [0, 0.1) is 13.8 Å². The summed E-state index contributed by atoms with van der Waals surface area (Å²) in [5, 5.41) is 13.1. The van der Waals surface area contributed by atoms with Gasteiger partial charge in [-0.1, -0.05) is 19.8 Å². The van der Waals surface area contributed by atoms with E-state index in [1.165, 1.54) is 4.68 Å². The van der Waals surface area contributed by atoms with Crippen molar-refractivity contribution in [2.45, 2.75) is 64.4 Å². The summed E-state index contributed by atoms with van der Waals surface area (Å²) in [5.41, 5.74) is 1.03. The molecular formula is C13H25N3O3S. The molecule has 0 aliphatic carbocycles. The number of nitrogens with zero attached hydrogens (tertiary/aromatic N) is 2. The van der Waals surface area contributed by atoms with Gasteiger partial charge in [0.05, 0.1) is 24.5 Å². The zero-order chi connectivity index (χ0) is 15.3. The van der Waals surface area contributed by atoms with Crippen LogP contribution in [-0.2, 0) is 16.6 Å². The van der Waals surface area contributed by atoms with E-state index in [2.05, 4.69) is 16.7 Å². The molecule has 1 rings (SSSR count). The third kappa shape index (κ3) is 4.04. The van der Waals surface area contributed by atoms with Crippen LogP contribution >= 0.6 is 0 Å². The number of sulfonamides is 1. The predicted octanol–water partition coefficient (Wildman–Crippen LogP) is 1.35. The number of hydrogen-bond donors (Lipinski definition) is 2. The summed E-state index contributed by atoms with van der Waals surface area (Å²) in [6.45, 7) is 7.56. The highest BCUT2D eigenvalue weighted by Gasteiger charge is 2.25. The highest BCUT2D eigenvalue weighted by molar-refractivity contribution is 7.89. The Morgan fingerprint density at radius 1 is 1.40 bits per heavy atom. The van der Waals surface area contributed by atoms with E-state index in [0.29, 0.717) is 17.9 Å². The summed E-state index contributed by atoms with van der Waals surface area (Å²) in [6, 6.07) is -0.0973. The van der Waals surface area contributed by atoms with Gasteiger partial charge in [-0.3, -0.25) is 4.68 Å². The lowest BCUT2D eigenvalue weighted by Gasteiger charge is -2.14. The van der Waals surface area contributed by atoms with E-state index in [1.807, 2.05) is 6.92 Å². The van der Waals surface area contributed by atoms with Gasteiger partial charge in [0.1, 0.15) is 4.90 Å². The standard InChI is InChI=1S/C13H25N3O3S/c1-5-6-7-10(2)15-20(18,19)13-11(3)14-16(8-9-17)12(13)4/h10,15,17H,5-9H2,1-4H3. The Morgan fingerprint density at radius 2 is 2.05 bits per heavy atom. The van der Waals surface area contributed by atoms with Crippen molar-refractivity contribution in [1.82, 2.24) is 14.5 Å². The molecule has 1 heterocycles. The molecule has 2 N–H and O–H groups in total. The number of aliphatic hydroxyl groups excluding tert-OH is 1. The predicted molar refractivity (Wildman–Crippen MR) is 78.1 cm³/mol. The van der Waals surface area contributed by atoms with E-state index in [1.54, 1.807) is 13.8 Å². The smallest absolute Gasteiger partial charge is 0.244 e. The minimum absolute atomic E-state index is 0.0677. The molecule has 20 heavy (non-hydrogen) atoms. The lowest BCUT2D eigenvalue weighted by molar-refractivity contribution is 0.267. The first-order chi connectivity index (χ1) is 9.33. The first kappa shape index (κ1) is 17.1. The van der Waals surface area contributed by atoms with Gasteiger partial charge in [0.15, 0.2) is 0 Å². The van der Waals surface area contributed by atoms with Crippen LogP contribution in [-0.4, -0.2) is 36.0 Å². The van der Waals surface area contributed by atoms with Crippen LogP contribution < -0.4 is 4.72 Å². The van der Waals surface area contributed by atoms with Crippen LogP contribution in [0.3, 0.4) is 0 Å². The van der Waals surface area contributed by atoms with Gasteiger partial charge in [-0.25, -0.2) is 13.1 Å². The minimum Gasteiger partial charge on any atom is -0.394 e. The fourth-order valence-electron chi connectivity index (χ4n) is 2.27. The zero-order valence-electron chi connectivity index (χ0n) is 12.7. The van der Waals surface area contributed by atoms with Gasteiger partial charge < -0.3 is 5.11 Å². The molecule has 0 saturated heterocycles. The second-order valence-corrected chi connectivity index (χ2v) is 6.76. The molecule has 1 aromatic heterocycles. The Labute approximate surface area is 121 Å². The van der Waals surface area contributed by atoms with Crippen molar-refractivity contribution in [1.29, 1.82) is 0 Å². The number of hydrogen-bond acceptors (Lipinski definition) is 4. The van der Waals surface area contributed by atoms with Crippen molar-refractivity contribution in [3.8, 4) is 0 Å². The fraction of sp³-hybridized carbons (Fsp3) is 0.769. The van der Waals surface area contributed by atoms with Crippen molar-refractivity contribution in [3.63, 3.8) is 0 Å². The van der Waals surface area contributed by atoms with Gasteiger partial charge in [-0.05, 0) is 27.2 Å². The number of aliphatic hydroxyl groups is 1. The molecule has 0 bridgehead atoms. The Balaban J connectivity index is 2.98. The zero-order valence-corrected chi connectivity index (χ0v) is 13.5. The van der Waals surface area contributed by atoms with Crippen LogP contribution in [0.1, 0.15) is 44.5 Å². The Kier molecular flexibility index (Phi) is 6.16. The highest BCUT2D eigenvalue weighted by atomic mass is 32.2. The number of aryl methyl sites for hydroxylation is 1. The first-order valence-electron chi connectivity index (χ1n) is 7.00. The van der Waals surface area contributed by atoms with Gasteiger partial charge in [-0.15, -0.1) is 0 Å².